The van der Waals surface area contributed by atoms with Crippen LogP contribution in [0, 0.1) is 0 Å². The van der Waals surface area contributed by atoms with Crippen molar-refractivity contribution in [1.29, 1.82) is 0 Å². The Balaban J connectivity index is 1.68. The molecule has 4 rings (SSSR count). The molecule has 0 aliphatic rings. The van der Waals surface area contributed by atoms with Gasteiger partial charge in [0.05, 0.1) is 11.4 Å². The molecule has 0 saturated heterocycles. The van der Waals surface area contributed by atoms with Gasteiger partial charge in [0.2, 0.25) is 0 Å². The molecule has 0 spiro atoms. The van der Waals surface area contributed by atoms with Crippen molar-refractivity contribution in [2.24, 2.45) is 0 Å². The third kappa shape index (κ3) is 6.11. The van der Waals surface area contributed by atoms with E-state index in [4.69, 9.17) is 4.74 Å². The smallest absolute Gasteiger partial charge is 0.333 e. The highest BCUT2D eigenvalue weighted by Crippen LogP contribution is 2.35. The first kappa shape index (κ1) is 24.1. The van der Waals surface area contributed by atoms with Crippen LogP contribution in [0.25, 0.3) is 0 Å². The molecule has 0 radical (unpaired) electrons. The second-order valence-electron chi connectivity index (χ2n) is 7.70. The Morgan fingerprint density at radius 1 is 0.714 bits per heavy atom. The molecule has 0 N–H and O–H groups in total. The first-order chi connectivity index (χ1) is 17.0. The molecule has 0 bridgehead atoms. The van der Waals surface area contributed by atoms with Crippen LogP contribution in [0.1, 0.15) is 13.8 Å². The summed E-state index contributed by atoms with van der Waals surface area (Å²) in [5, 5.41) is 0. The van der Waals surface area contributed by atoms with Crippen LogP contribution in [0.2, 0.25) is 0 Å². The van der Waals surface area contributed by atoms with Gasteiger partial charge in [0.1, 0.15) is 5.75 Å². The van der Waals surface area contributed by atoms with E-state index in [1.165, 1.54) is 18.7 Å². The molecule has 0 aliphatic carbocycles. The van der Waals surface area contributed by atoms with Crippen LogP contribution in [-0.2, 0) is 4.79 Å². The lowest BCUT2D eigenvalue weighted by atomic mass is 10.2. The van der Waals surface area contributed by atoms with Gasteiger partial charge in [-0.3, -0.25) is 14.6 Å². The summed E-state index contributed by atoms with van der Waals surface area (Å²) in [6.07, 6.45) is 0. The Bertz CT molecular complexity index is 1300. The molecule has 4 aromatic rings. The maximum atomic E-state index is 13.9. The van der Waals surface area contributed by atoms with Crippen LogP contribution in [0.15, 0.2) is 119 Å². The van der Waals surface area contributed by atoms with Gasteiger partial charge in [-0.25, -0.2) is 4.79 Å². The van der Waals surface area contributed by atoms with Crippen LogP contribution in [0.3, 0.4) is 0 Å². The van der Waals surface area contributed by atoms with Gasteiger partial charge < -0.3 is 4.74 Å². The van der Waals surface area contributed by atoms with Crippen LogP contribution >= 0.6 is 11.8 Å². The summed E-state index contributed by atoms with van der Waals surface area (Å²) >= 11 is 1.53. The number of urea groups is 1. The van der Waals surface area contributed by atoms with Crippen molar-refractivity contribution in [3.8, 4) is 5.75 Å². The van der Waals surface area contributed by atoms with Crippen molar-refractivity contribution in [3.05, 3.63) is 109 Å². The van der Waals surface area contributed by atoms with E-state index in [1.54, 1.807) is 15.9 Å². The van der Waals surface area contributed by atoms with Gasteiger partial charge in [-0.15, -0.1) is 0 Å². The van der Waals surface area contributed by atoms with Crippen LogP contribution in [0.4, 0.5) is 21.9 Å². The fourth-order valence-electron chi connectivity index (χ4n) is 3.69. The minimum atomic E-state index is -0.356. The third-order valence-electron chi connectivity index (χ3n) is 5.20. The standard InChI is InChI=1S/C29H26N2O3S/c1-3-30(23-12-6-4-7-13-23)29(33)31(24-14-8-5-9-15-24)25-16-10-18-27(20-25)35-28-19-11-17-26(21-28)34-22(2)32/h4-21H,3H2,1-2H3. The van der Waals surface area contributed by atoms with Gasteiger partial charge in [-0.2, -0.15) is 0 Å². The van der Waals surface area contributed by atoms with Crippen molar-refractivity contribution < 1.29 is 14.3 Å². The lowest BCUT2D eigenvalue weighted by Crippen LogP contribution is -2.41. The Labute approximate surface area is 210 Å². The molecule has 0 atom stereocenters. The topological polar surface area (TPSA) is 49.9 Å². The number of benzene rings is 4. The summed E-state index contributed by atoms with van der Waals surface area (Å²) in [7, 11) is 0. The van der Waals surface area contributed by atoms with E-state index in [1.807, 2.05) is 110 Å². The highest BCUT2D eigenvalue weighted by molar-refractivity contribution is 7.99. The second-order valence-corrected chi connectivity index (χ2v) is 8.85. The number of amides is 2. The molecular weight excluding hydrogens is 456 g/mol. The summed E-state index contributed by atoms with van der Waals surface area (Å²) in [4.78, 5) is 30.6. The largest absolute Gasteiger partial charge is 0.427 e. The van der Waals surface area contributed by atoms with E-state index in [9.17, 15) is 9.59 Å². The number of rotatable bonds is 7. The predicted molar refractivity (Wildman–Crippen MR) is 142 cm³/mol. The number of carbonyl (C=O) groups is 2. The molecule has 4 aromatic carbocycles. The van der Waals surface area contributed by atoms with E-state index in [2.05, 4.69) is 0 Å². The van der Waals surface area contributed by atoms with Gasteiger partial charge in [-0.1, -0.05) is 60.3 Å². The van der Waals surface area contributed by atoms with Crippen LogP contribution in [0.5, 0.6) is 5.75 Å². The number of para-hydroxylation sites is 2. The molecule has 0 saturated carbocycles. The quantitative estimate of drug-likeness (QED) is 0.202. The first-order valence-electron chi connectivity index (χ1n) is 11.3. The zero-order valence-corrected chi connectivity index (χ0v) is 20.4. The number of anilines is 3. The van der Waals surface area contributed by atoms with Crippen molar-refractivity contribution in [3.63, 3.8) is 0 Å². The molecule has 35 heavy (non-hydrogen) atoms. The molecule has 0 fully saturated rings. The van der Waals surface area contributed by atoms with E-state index in [0.29, 0.717) is 12.3 Å². The zero-order valence-electron chi connectivity index (χ0n) is 19.6. The number of hydrogen-bond acceptors (Lipinski definition) is 4. The number of hydrogen-bond donors (Lipinski definition) is 0. The average Bonchev–Trinajstić information content (AvgIpc) is 2.86. The first-order valence-corrected chi connectivity index (χ1v) is 12.1. The molecule has 2 amide bonds. The summed E-state index contributed by atoms with van der Waals surface area (Å²) in [5.41, 5.74) is 2.39. The maximum Gasteiger partial charge on any atom is 0.333 e. The molecule has 0 heterocycles. The Morgan fingerprint density at radius 2 is 1.29 bits per heavy atom. The molecule has 176 valence electrons. The second kappa shape index (κ2) is 11.4. The summed E-state index contributed by atoms with van der Waals surface area (Å²) in [6.45, 7) is 3.88. The fraction of sp³-hybridized carbons (Fsp3) is 0.103. The van der Waals surface area contributed by atoms with Gasteiger partial charge >= 0.3 is 12.0 Å². The van der Waals surface area contributed by atoms with Crippen molar-refractivity contribution in [2.45, 2.75) is 23.6 Å². The van der Waals surface area contributed by atoms with Crippen LogP contribution < -0.4 is 14.5 Å². The maximum absolute atomic E-state index is 13.9. The highest BCUT2D eigenvalue weighted by atomic mass is 32.2. The van der Waals surface area contributed by atoms with Gasteiger partial charge in [0, 0.05) is 28.9 Å². The molecular formula is C29H26N2O3S. The summed E-state index contributed by atoms with van der Waals surface area (Å²) in [5.74, 6) is 0.145. The molecule has 6 heteroatoms. The molecule has 0 aliphatic heterocycles. The Morgan fingerprint density at radius 3 is 1.91 bits per heavy atom. The Kier molecular flexibility index (Phi) is 7.85. The molecule has 5 nitrogen and oxygen atoms in total. The highest BCUT2D eigenvalue weighted by Gasteiger charge is 2.24. The van der Waals surface area contributed by atoms with E-state index in [-0.39, 0.29) is 12.0 Å². The lowest BCUT2D eigenvalue weighted by Gasteiger charge is -2.30. The number of carbonyl (C=O) groups excluding carboxylic acids is 2. The molecule has 0 aromatic heterocycles. The number of ether oxygens (including phenoxy) is 1. The van der Waals surface area contributed by atoms with E-state index < -0.39 is 0 Å². The van der Waals surface area contributed by atoms with Gasteiger partial charge in [-0.05, 0) is 67.6 Å². The Hall–Kier alpha value is -4.03. The monoisotopic (exact) mass is 482 g/mol. The van der Waals surface area contributed by atoms with E-state index in [0.717, 1.165) is 26.9 Å². The number of esters is 1. The summed E-state index contributed by atoms with van der Waals surface area (Å²) < 4.78 is 5.21. The normalized spacial score (nSPS) is 10.5. The fourth-order valence-corrected chi connectivity index (χ4v) is 4.61. The van der Waals surface area contributed by atoms with Crippen LogP contribution in [-0.4, -0.2) is 18.5 Å². The average molecular weight is 483 g/mol. The van der Waals surface area contributed by atoms with Crippen molar-refractivity contribution in [2.75, 3.05) is 16.3 Å². The zero-order chi connectivity index (χ0) is 24.6. The van der Waals surface area contributed by atoms with Gasteiger partial charge in [0.25, 0.3) is 0 Å². The third-order valence-corrected chi connectivity index (χ3v) is 6.18. The van der Waals surface area contributed by atoms with Gasteiger partial charge in [0.15, 0.2) is 0 Å². The van der Waals surface area contributed by atoms with Crippen molar-refractivity contribution in [1.82, 2.24) is 0 Å². The SMILES string of the molecule is CCN(C(=O)N(c1ccccc1)c1cccc(Sc2cccc(OC(C)=O)c2)c1)c1ccccc1. The van der Waals surface area contributed by atoms with Crippen molar-refractivity contribution >= 4 is 40.8 Å². The lowest BCUT2D eigenvalue weighted by molar-refractivity contribution is -0.131. The minimum Gasteiger partial charge on any atom is -0.427 e. The number of nitrogens with zero attached hydrogens (tertiary/aromatic N) is 2. The predicted octanol–water partition coefficient (Wildman–Crippen LogP) is 7.55. The minimum absolute atomic E-state index is 0.135. The molecule has 0 unspecified atom stereocenters. The van der Waals surface area contributed by atoms with E-state index >= 15 is 0 Å². The summed E-state index contributed by atoms with van der Waals surface area (Å²) in [6, 6.07) is 34.4.